The number of aliphatic hydroxyl groups is 2. The maximum Gasteiger partial charge on any atom is 0.306 e. The summed E-state index contributed by atoms with van der Waals surface area (Å²) in [5.41, 5.74) is 0. The van der Waals surface area contributed by atoms with Crippen LogP contribution in [0, 0.1) is 0 Å². The van der Waals surface area contributed by atoms with Crippen molar-refractivity contribution in [2.45, 2.75) is 289 Å². The Bertz CT molecular complexity index is 919. The molecular weight excluding hydrogens is 719 g/mol. The van der Waals surface area contributed by atoms with E-state index in [1.54, 1.807) is 0 Å². The first kappa shape index (κ1) is 56.3. The Hall–Kier alpha value is -1.66. The first-order valence-electron chi connectivity index (χ1n) is 25.6. The molecule has 0 aromatic carbocycles. The van der Waals surface area contributed by atoms with E-state index in [1.807, 2.05) is 0 Å². The van der Waals surface area contributed by atoms with Crippen LogP contribution in [0.1, 0.15) is 271 Å². The number of hydrogen-bond donors (Lipinski definition) is 3. The highest BCUT2D eigenvalue weighted by Gasteiger charge is 2.24. The molecule has 0 rings (SSSR count). The van der Waals surface area contributed by atoms with Gasteiger partial charge in [-0.2, -0.15) is 0 Å². The normalized spacial score (nSPS) is 13.4. The van der Waals surface area contributed by atoms with Crippen molar-refractivity contribution in [1.29, 1.82) is 0 Å². The fourth-order valence-corrected chi connectivity index (χ4v) is 7.83. The molecule has 3 atom stereocenters. The van der Waals surface area contributed by atoms with Crippen molar-refractivity contribution < 1.29 is 24.5 Å². The molecule has 0 heterocycles. The molecule has 6 nitrogen and oxygen atoms in total. The highest BCUT2D eigenvalue weighted by molar-refractivity contribution is 5.77. The van der Waals surface area contributed by atoms with Crippen LogP contribution in [0.25, 0.3) is 0 Å². The van der Waals surface area contributed by atoms with E-state index in [2.05, 4.69) is 50.4 Å². The van der Waals surface area contributed by atoms with E-state index < -0.39 is 18.2 Å². The third-order valence-electron chi connectivity index (χ3n) is 11.8. The average Bonchev–Trinajstić information content (AvgIpc) is 3.22. The number of esters is 1. The van der Waals surface area contributed by atoms with E-state index in [0.29, 0.717) is 19.3 Å². The molecule has 3 N–H and O–H groups in total. The number of unbranched alkanes of at least 4 members (excludes halogenated alkanes) is 30. The standard InChI is InChI=1S/C52H99NO5/c1-4-7-10-13-16-19-22-25-26-27-28-31-34-37-40-43-48(58-52(57)45-42-39-36-33-30-24-21-18-15-12-9-6-3)46-51(56)53-49(47-54)50(55)44-41-38-35-32-29-23-20-17-14-11-8-5-2/h18,21,25-26,48-50,54-55H,4-17,19-20,22-24,27-47H2,1-3H3,(H,53,56)/b21-18-,26-25+. The third-order valence-corrected chi connectivity index (χ3v) is 11.8. The number of aliphatic hydroxyl groups excluding tert-OH is 2. The first-order chi connectivity index (χ1) is 28.5. The Morgan fingerprint density at radius 1 is 0.483 bits per heavy atom. The summed E-state index contributed by atoms with van der Waals surface area (Å²) in [6.45, 7) is 6.46. The first-order valence-corrected chi connectivity index (χ1v) is 25.6. The molecule has 0 aromatic rings. The van der Waals surface area contributed by atoms with Crippen LogP contribution in [-0.2, 0) is 14.3 Å². The summed E-state index contributed by atoms with van der Waals surface area (Å²) >= 11 is 0. The van der Waals surface area contributed by atoms with Gasteiger partial charge in [-0.25, -0.2) is 0 Å². The number of nitrogens with one attached hydrogen (secondary N) is 1. The minimum atomic E-state index is -0.787. The number of amides is 1. The Balaban J connectivity index is 4.59. The second-order valence-electron chi connectivity index (χ2n) is 17.6. The summed E-state index contributed by atoms with van der Waals surface area (Å²) in [5, 5.41) is 23.7. The summed E-state index contributed by atoms with van der Waals surface area (Å²) in [5.74, 6) is -0.482. The van der Waals surface area contributed by atoms with Crippen molar-refractivity contribution in [2.24, 2.45) is 0 Å². The lowest BCUT2D eigenvalue weighted by Gasteiger charge is -2.24. The lowest BCUT2D eigenvalue weighted by atomic mass is 10.0. The molecule has 0 saturated carbocycles. The smallest absolute Gasteiger partial charge is 0.306 e. The van der Waals surface area contributed by atoms with E-state index >= 15 is 0 Å². The van der Waals surface area contributed by atoms with Crippen LogP contribution in [0.5, 0.6) is 0 Å². The Kier molecular flexibility index (Phi) is 45.1. The fourth-order valence-electron chi connectivity index (χ4n) is 7.83. The van der Waals surface area contributed by atoms with E-state index in [9.17, 15) is 19.8 Å². The summed E-state index contributed by atoms with van der Waals surface area (Å²) in [7, 11) is 0. The summed E-state index contributed by atoms with van der Waals surface area (Å²) in [6, 6.07) is -0.701. The maximum atomic E-state index is 13.2. The van der Waals surface area contributed by atoms with Crippen LogP contribution in [0.4, 0.5) is 0 Å². The second kappa shape index (κ2) is 46.4. The van der Waals surface area contributed by atoms with Crippen molar-refractivity contribution in [2.75, 3.05) is 6.61 Å². The van der Waals surface area contributed by atoms with Gasteiger partial charge >= 0.3 is 5.97 Å². The van der Waals surface area contributed by atoms with Crippen molar-refractivity contribution >= 4 is 11.9 Å². The molecule has 0 aliphatic heterocycles. The van der Waals surface area contributed by atoms with Crippen molar-refractivity contribution in [3.8, 4) is 0 Å². The van der Waals surface area contributed by atoms with E-state index in [-0.39, 0.29) is 24.9 Å². The molecule has 0 saturated heterocycles. The Morgan fingerprint density at radius 2 is 0.828 bits per heavy atom. The average molecular weight is 818 g/mol. The minimum Gasteiger partial charge on any atom is -0.462 e. The lowest BCUT2D eigenvalue weighted by molar-refractivity contribution is -0.151. The third kappa shape index (κ3) is 41.1. The zero-order valence-electron chi connectivity index (χ0n) is 38.9. The van der Waals surface area contributed by atoms with Crippen LogP contribution in [0.3, 0.4) is 0 Å². The van der Waals surface area contributed by atoms with Gasteiger partial charge in [-0.05, 0) is 77.0 Å². The molecule has 58 heavy (non-hydrogen) atoms. The predicted octanol–water partition coefficient (Wildman–Crippen LogP) is 15.1. The number of carbonyl (C=O) groups excluding carboxylic acids is 2. The lowest BCUT2D eigenvalue weighted by Crippen LogP contribution is -2.46. The largest absolute Gasteiger partial charge is 0.462 e. The van der Waals surface area contributed by atoms with Crippen LogP contribution in [0.15, 0.2) is 24.3 Å². The molecule has 0 aliphatic carbocycles. The summed E-state index contributed by atoms with van der Waals surface area (Å²) < 4.78 is 5.92. The molecule has 342 valence electrons. The van der Waals surface area contributed by atoms with Crippen molar-refractivity contribution in [3.05, 3.63) is 24.3 Å². The fraction of sp³-hybridized carbons (Fsp3) is 0.885. The van der Waals surface area contributed by atoms with E-state index in [4.69, 9.17) is 4.74 Å². The summed E-state index contributed by atoms with van der Waals surface area (Å²) in [4.78, 5) is 26.1. The highest BCUT2D eigenvalue weighted by atomic mass is 16.5. The van der Waals surface area contributed by atoms with Gasteiger partial charge in [0.2, 0.25) is 5.91 Å². The van der Waals surface area contributed by atoms with Crippen LogP contribution in [-0.4, -0.2) is 46.9 Å². The molecular formula is C52H99NO5. The number of rotatable bonds is 46. The zero-order chi connectivity index (χ0) is 42.4. The summed E-state index contributed by atoms with van der Waals surface area (Å²) in [6.07, 6.45) is 52.3. The highest BCUT2D eigenvalue weighted by Crippen LogP contribution is 2.18. The molecule has 0 radical (unpaired) electrons. The second-order valence-corrected chi connectivity index (χ2v) is 17.6. The quantitative estimate of drug-likeness (QED) is 0.0323. The zero-order valence-corrected chi connectivity index (χ0v) is 38.9. The molecule has 0 aromatic heterocycles. The van der Waals surface area contributed by atoms with Gasteiger partial charge in [-0.1, -0.05) is 206 Å². The molecule has 1 amide bonds. The monoisotopic (exact) mass is 818 g/mol. The van der Waals surface area contributed by atoms with Gasteiger partial charge in [0.05, 0.1) is 25.2 Å². The van der Waals surface area contributed by atoms with Crippen LogP contribution < -0.4 is 5.32 Å². The minimum absolute atomic E-state index is 0.0723. The maximum absolute atomic E-state index is 13.2. The van der Waals surface area contributed by atoms with E-state index in [1.165, 1.54) is 161 Å². The number of carbonyl (C=O) groups is 2. The van der Waals surface area contributed by atoms with Crippen molar-refractivity contribution in [3.63, 3.8) is 0 Å². The molecule has 6 heteroatoms. The Labute approximate surface area is 361 Å². The predicted molar refractivity (Wildman–Crippen MR) is 250 cm³/mol. The van der Waals surface area contributed by atoms with Gasteiger partial charge in [0.25, 0.3) is 0 Å². The molecule has 3 unspecified atom stereocenters. The molecule has 0 spiro atoms. The van der Waals surface area contributed by atoms with Gasteiger partial charge in [0.15, 0.2) is 0 Å². The van der Waals surface area contributed by atoms with E-state index in [0.717, 1.165) is 64.2 Å². The van der Waals surface area contributed by atoms with Crippen LogP contribution in [0.2, 0.25) is 0 Å². The topological polar surface area (TPSA) is 95.9 Å². The van der Waals surface area contributed by atoms with Gasteiger partial charge in [-0.3, -0.25) is 9.59 Å². The number of hydrogen-bond acceptors (Lipinski definition) is 5. The SMILES string of the molecule is CCCCC/C=C\CCCCCCCC(=O)OC(CCCCCCC/C=C/CCCCCCCC)CC(=O)NC(CO)C(O)CCCCCCCCCCCCCC. The Morgan fingerprint density at radius 3 is 1.26 bits per heavy atom. The number of ether oxygens (including phenoxy) is 1. The van der Waals surface area contributed by atoms with Crippen LogP contribution >= 0.6 is 0 Å². The van der Waals surface area contributed by atoms with Gasteiger partial charge in [-0.15, -0.1) is 0 Å². The van der Waals surface area contributed by atoms with Gasteiger partial charge in [0, 0.05) is 6.42 Å². The molecule has 0 aliphatic rings. The van der Waals surface area contributed by atoms with Gasteiger partial charge < -0.3 is 20.3 Å². The molecule has 0 bridgehead atoms. The van der Waals surface area contributed by atoms with Crippen molar-refractivity contribution in [1.82, 2.24) is 5.32 Å². The number of allylic oxidation sites excluding steroid dienone is 4. The molecule has 0 fully saturated rings. The van der Waals surface area contributed by atoms with Gasteiger partial charge in [0.1, 0.15) is 6.10 Å².